The highest BCUT2D eigenvalue weighted by molar-refractivity contribution is 5.26. The molecule has 0 unspecified atom stereocenters. The van der Waals surface area contributed by atoms with Crippen molar-refractivity contribution < 1.29 is 9.84 Å². The molecule has 0 heterocycles. The second kappa shape index (κ2) is 7.25. The van der Waals surface area contributed by atoms with Crippen molar-refractivity contribution in [3.05, 3.63) is 0 Å². The van der Waals surface area contributed by atoms with Gasteiger partial charge in [-0.1, -0.05) is 33.6 Å². The van der Waals surface area contributed by atoms with E-state index in [1.54, 1.807) is 0 Å². The van der Waals surface area contributed by atoms with Gasteiger partial charge in [-0.2, -0.15) is 0 Å². The van der Waals surface area contributed by atoms with E-state index in [0.29, 0.717) is 28.3 Å². The van der Waals surface area contributed by atoms with Gasteiger partial charge in [-0.15, -0.1) is 5.92 Å². The van der Waals surface area contributed by atoms with Crippen LogP contribution in [0.4, 0.5) is 0 Å². The minimum absolute atomic E-state index is 0.281. The van der Waals surface area contributed by atoms with E-state index < -0.39 is 6.10 Å². The second-order valence-corrected chi connectivity index (χ2v) is 12.3. The first-order chi connectivity index (χ1) is 14.3. The molecule has 1 spiro atoms. The number of fused-ring (bicyclic) bond motifs is 4. The summed E-state index contributed by atoms with van der Waals surface area (Å²) < 4.78 is 6.25. The molecular formula is C28H44O2. The smallest absolute Gasteiger partial charge is 0.117 e. The fourth-order valence-corrected chi connectivity index (χ4v) is 10.1. The van der Waals surface area contributed by atoms with Gasteiger partial charge >= 0.3 is 0 Å². The molecule has 0 bridgehead atoms. The van der Waals surface area contributed by atoms with Crippen LogP contribution < -0.4 is 0 Å². The largest absolute Gasteiger partial charge is 0.381 e. The zero-order valence-electron chi connectivity index (χ0n) is 20.0. The first-order valence-corrected chi connectivity index (χ1v) is 13.0. The van der Waals surface area contributed by atoms with Crippen molar-refractivity contribution in [2.24, 2.45) is 51.8 Å². The standard InChI is InChI=1S/C28H44O2/c1-6-7-8-9-24(29)18(2)21-10-11-22-20-16-25(30-5)28-17-19(28)12-15-27(28,4)23(20)13-14-26(21,22)3/h18-25,29H,6-7,10-17H2,1-5H3/t18-,19+,20-,21+,22-,23-,24-,25+,26+,27+,28-/m0/s1. The molecule has 5 fully saturated rings. The fraction of sp³-hybridized carbons (Fsp3) is 0.929. The van der Waals surface area contributed by atoms with Gasteiger partial charge in [0.1, 0.15) is 6.10 Å². The number of unbranched alkanes of at least 4 members (excludes halogenated alkanes) is 1. The van der Waals surface area contributed by atoms with E-state index in [4.69, 9.17) is 4.74 Å². The molecule has 5 aliphatic rings. The summed E-state index contributed by atoms with van der Waals surface area (Å²) in [5.74, 6) is 10.8. The maximum absolute atomic E-state index is 10.8. The van der Waals surface area contributed by atoms with Crippen LogP contribution in [0.5, 0.6) is 0 Å². The third-order valence-corrected chi connectivity index (χ3v) is 11.7. The second-order valence-electron chi connectivity index (χ2n) is 12.3. The Bertz CT molecular complexity index is 735. The van der Waals surface area contributed by atoms with E-state index in [0.717, 1.165) is 36.5 Å². The topological polar surface area (TPSA) is 29.5 Å². The SMILES string of the molecule is CCCC#C[C@H](O)[C@@H](C)[C@H]1CC[C@H]2[C@@H]3C[C@@H](OC)[C@]45C[C@H]4CC[C@]5(C)[C@H]3CC[C@]12C. The molecule has 5 rings (SSSR count). The van der Waals surface area contributed by atoms with Gasteiger partial charge in [-0.05, 0) is 104 Å². The van der Waals surface area contributed by atoms with Crippen molar-refractivity contribution in [2.45, 2.75) is 104 Å². The maximum atomic E-state index is 10.8. The van der Waals surface area contributed by atoms with Crippen LogP contribution in [0.1, 0.15) is 91.9 Å². The number of hydrogen-bond donors (Lipinski definition) is 1. The van der Waals surface area contributed by atoms with Gasteiger partial charge in [0.05, 0.1) is 6.10 Å². The molecular weight excluding hydrogens is 368 g/mol. The summed E-state index contributed by atoms with van der Waals surface area (Å²) in [4.78, 5) is 0. The summed E-state index contributed by atoms with van der Waals surface area (Å²) >= 11 is 0. The normalized spacial score (nSPS) is 52.9. The summed E-state index contributed by atoms with van der Waals surface area (Å²) in [5.41, 5.74) is 1.40. The molecule has 30 heavy (non-hydrogen) atoms. The highest BCUT2D eigenvalue weighted by atomic mass is 16.5. The molecule has 2 nitrogen and oxygen atoms in total. The molecule has 1 N–H and O–H groups in total. The summed E-state index contributed by atoms with van der Waals surface area (Å²) in [6, 6.07) is 0. The van der Waals surface area contributed by atoms with E-state index in [1.807, 2.05) is 7.11 Å². The van der Waals surface area contributed by atoms with Gasteiger partial charge in [0.2, 0.25) is 0 Å². The quantitative estimate of drug-likeness (QED) is 0.568. The highest BCUT2D eigenvalue weighted by Gasteiger charge is 2.77. The van der Waals surface area contributed by atoms with E-state index in [1.165, 1.54) is 51.4 Å². The number of rotatable bonds is 4. The molecule has 2 heteroatoms. The molecule has 0 amide bonds. The molecule has 11 atom stereocenters. The number of aliphatic hydroxyl groups excluding tert-OH is 1. The van der Waals surface area contributed by atoms with Crippen LogP contribution in [-0.2, 0) is 4.74 Å². The van der Waals surface area contributed by atoms with Crippen LogP contribution in [0.15, 0.2) is 0 Å². The van der Waals surface area contributed by atoms with Crippen LogP contribution >= 0.6 is 0 Å². The molecule has 0 aliphatic heterocycles. The van der Waals surface area contributed by atoms with Crippen molar-refractivity contribution in [3.8, 4) is 11.8 Å². The zero-order chi connectivity index (χ0) is 21.3. The van der Waals surface area contributed by atoms with E-state index in [9.17, 15) is 5.11 Å². The summed E-state index contributed by atoms with van der Waals surface area (Å²) in [6.07, 6.45) is 13.0. The van der Waals surface area contributed by atoms with Crippen LogP contribution in [0, 0.1) is 63.6 Å². The number of hydrogen-bond acceptors (Lipinski definition) is 2. The average molecular weight is 413 g/mol. The molecule has 0 aromatic heterocycles. The van der Waals surface area contributed by atoms with Gasteiger partial charge in [0.25, 0.3) is 0 Å². The van der Waals surface area contributed by atoms with E-state index >= 15 is 0 Å². The number of aliphatic hydroxyl groups is 1. The molecule has 5 saturated carbocycles. The van der Waals surface area contributed by atoms with Crippen molar-refractivity contribution in [1.29, 1.82) is 0 Å². The highest BCUT2D eigenvalue weighted by Crippen LogP contribution is 2.82. The van der Waals surface area contributed by atoms with E-state index in [-0.39, 0.29) is 5.92 Å². The maximum Gasteiger partial charge on any atom is 0.117 e. The summed E-state index contributed by atoms with van der Waals surface area (Å²) in [7, 11) is 1.99. The molecule has 0 radical (unpaired) electrons. The lowest BCUT2D eigenvalue weighted by Gasteiger charge is -2.61. The minimum atomic E-state index is -0.462. The third-order valence-electron chi connectivity index (χ3n) is 11.7. The Balaban J connectivity index is 1.39. The van der Waals surface area contributed by atoms with Crippen LogP contribution in [-0.4, -0.2) is 24.4 Å². The Morgan fingerprint density at radius 2 is 1.90 bits per heavy atom. The van der Waals surface area contributed by atoms with Crippen molar-refractivity contribution >= 4 is 0 Å². The molecule has 168 valence electrons. The van der Waals surface area contributed by atoms with Gasteiger partial charge < -0.3 is 9.84 Å². The Morgan fingerprint density at radius 3 is 2.60 bits per heavy atom. The van der Waals surface area contributed by atoms with Gasteiger partial charge in [0, 0.05) is 18.9 Å². The first-order valence-electron chi connectivity index (χ1n) is 13.0. The van der Waals surface area contributed by atoms with Crippen LogP contribution in [0.25, 0.3) is 0 Å². The van der Waals surface area contributed by atoms with Crippen LogP contribution in [0.3, 0.4) is 0 Å². The van der Waals surface area contributed by atoms with Gasteiger partial charge in [0.15, 0.2) is 0 Å². The predicted octanol–water partition coefficient (Wildman–Crippen LogP) is 6.07. The Labute approximate surface area is 184 Å². The monoisotopic (exact) mass is 412 g/mol. The van der Waals surface area contributed by atoms with E-state index in [2.05, 4.69) is 39.5 Å². The zero-order valence-corrected chi connectivity index (χ0v) is 20.0. The van der Waals surface area contributed by atoms with Crippen molar-refractivity contribution in [2.75, 3.05) is 7.11 Å². The Kier molecular flexibility index (Phi) is 5.15. The lowest BCUT2D eigenvalue weighted by atomic mass is 9.45. The predicted molar refractivity (Wildman–Crippen MR) is 122 cm³/mol. The number of methoxy groups -OCH3 is 1. The minimum Gasteiger partial charge on any atom is -0.381 e. The third kappa shape index (κ3) is 2.64. The fourth-order valence-electron chi connectivity index (χ4n) is 10.1. The Hall–Kier alpha value is -0.520. The first kappa shape index (κ1) is 21.3. The van der Waals surface area contributed by atoms with Gasteiger partial charge in [-0.3, -0.25) is 0 Å². The van der Waals surface area contributed by atoms with Crippen molar-refractivity contribution in [1.82, 2.24) is 0 Å². The average Bonchev–Trinajstić information content (AvgIpc) is 3.24. The molecule has 5 aliphatic carbocycles. The van der Waals surface area contributed by atoms with Crippen molar-refractivity contribution in [3.63, 3.8) is 0 Å². The lowest BCUT2D eigenvalue weighted by Crippen LogP contribution is -2.57. The summed E-state index contributed by atoms with van der Waals surface area (Å²) in [6.45, 7) is 9.67. The molecule has 0 aromatic carbocycles. The molecule has 0 aromatic rings. The van der Waals surface area contributed by atoms with Crippen LogP contribution in [0.2, 0.25) is 0 Å². The molecule has 0 saturated heterocycles. The Morgan fingerprint density at radius 1 is 1.10 bits per heavy atom. The summed E-state index contributed by atoms with van der Waals surface area (Å²) in [5, 5.41) is 10.8. The van der Waals surface area contributed by atoms with Gasteiger partial charge in [-0.25, -0.2) is 0 Å². The lowest BCUT2D eigenvalue weighted by molar-refractivity contribution is -0.162. The number of ether oxygens (including phenoxy) is 1.